The smallest absolute Gasteiger partial charge is 0.375 e. The lowest BCUT2D eigenvalue weighted by molar-refractivity contribution is -0.0499. The van der Waals surface area contributed by atoms with E-state index in [1.807, 2.05) is 0 Å². The number of alkyl halides is 3. The lowest BCUT2D eigenvalue weighted by atomic mass is 10.2. The second kappa shape index (κ2) is 5.05. The third-order valence-corrected chi connectivity index (χ3v) is 4.49. The van der Waals surface area contributed by atoms with Gasteiger partial charge in [0.2, 0.25) is 0 Å². The first-order valence-corrected chi connectivity index (χ1v) is 7.45. The molecule has 1 aromatic carbocycles. The first-order chi connectivity index (χ1) is 9.13. The maximum atomic E-state index is 12.3. The number of halogens is 5. The van der Waals surface area contributed by atoms with Gasteiger partial charge in [0.1, 0.15) is 0 Å². The van der Waals surface area contributed by atoms with Crippen LogP contribution in [-0.4, -0.2) is 18.9 Å². The molecule has 0 N–H and O–H groups in total. The molecule has 2 rings (SSSR count). The van der Waals surface area contributed by atoms with E-state index in [-0.39, 0.29) is 15.9 Å². The highest BCUT2D eigenvalue weighted by Gasteiger charge is 2.48. The van der Waals surface area contributed by atoms with Gasteiger partial charge >= 0.3 is 15.6 Å². The number of nitrogens with zero attached hydrogens (tertiary/aromatic N) is 1. The van der Waals surface area contributed by atoms with Crippen LogP contribution in [0.25, 0.3) is 10.9 Å². The van der Waals surface area contributed by atoms with Crippen LogP contribution >= 0.6 is 27.5 Å². The molecule has 0 fully saturated rings. The third kappa shape index (κ3) is 2.70. The van der Waals surface area contributed by atoms with Crippen molar-refractivity contribution in [1.29, 1.82) is 0 Å². The molecule has 0 bridgehead atoms. The molecule has 10 heteroatoms. The van der Waals surface area contributed by atoms with Crippen LogP contribution in [0.1, 0.15) is 0 Å². The van der Waals surface area contributed by atoms with Crippen LogP contribution in [0.4, 0.5) is 13.2 Å². The first kappa shape index (κ1) is 15.3. The van der Waals surface area contributed by atoms with Gasteiger partial charge in [0, 0.05) is 16.7 Å². The molecule has 0 saturated heterocycles. The molecule has 2 aromatic rings. The Morgan fingerprint density at radius 3 is 2.50 bits per heavy atom. The Balaban J connectivity index is 2.65. The van der Waals surface area contributed by atoms with E-state index in [9.17, 15) is 21.6 Å². The Morgan fingerprint density at radius 2 is 1.90 bits per heavy atom. The van der Waals surface area contributed by atoms with E-state index in [0.29, 0.717) is 4.47 Å². The van der Waals surface area contributed by atoms with E-state index in [1.54, 1.807) is 0 Å². The summed E-state index contributed by atoms with van der Waals surface area (Å²) >= 11 is 9.01. The number of pyridine rings is 1. The standard InChI is InChI=1S/C10H4BrClF3NO3S/c11-5-1-2-6-8(9(5)12)7(3-4-16-6)19-20(17,18)10(13,14)15/h1-4H. The van der Waals surface area contributed by atoms with Crippen molar-refractivity contribution in [2.24, 2.45) is 0 Å². The molecule has 0 atom stereocenters. The molecule has 0 saturated carbocycles. The number of aromatic nitrogens is 1. The molecule has 0 spiro atoms. The zero-order chi connectivity index (χ0) is 15.1. The fourth-order valence-electron chi connectivity index (χ4n) is 1.39. The van der Waals surface area contributed by atoms with Crippen LogP contribution in [0.3, 0.4) is 0 Å². The second-order valence-electron chi connectivity index (χ2n) is 3.55. The Kier molecular flexibility index (Phi) is 3.87. The molecule has 0 amide bonds. The van der Waals surface area contributed by atoms with Crippen molar-refractivity contribution in [3.05, 3.63) is 33.9 Å². The van der Waals surface area contributed by atoms with Crippen molar-refractivity contribution in [2.75, 3.05) is 0 Å². The van der Waals surface area contributed by atoms with Gasteiger partial charge in [-0.3, -0.25) is 4.98 Å². The normalized spacial score (nSPS) is 12.7. The number of rotatable bonds is 2. The van der Waals surface area contributed by atoms with Crippen LogP contribution in [0.2, 0.25) is 5.02 Å². The molecule has 0 radical (unpaired) electrons. The molecule has 1 aromatic heterocycles. The zero-order valence-electron chi connectivity index (χ0n) is 9.28. The Hall–Kier alpha value is -1.06. The maximum absolute atomic E-state index is 12.3. The Bertz CT molecular complexity index is 779. The highest BCUT2D eigenvalue weighted by atomic mass is 79.9. The number of hydrogen-bond acceptors (Lipinski definition) is 4. The fourth-order valence-corrected chi connectivity index (χ4v) is 2.44. The molecule has 0 aliphatic carbocycles. The quantitative estimate of drug-likeness (QED) is 0.577. The minimum atomic E-state index is -5.77. The molecule has 4 nitrogen and oxygen atoms in total. The number of hydrogen-bond donors (Lipinski definition) is 0. The van der Waals surface area contributed by atoms with Crippen LogP contribution in [0, 0.1) is 0 Å². The summed E-state index contributed by atoms with van der Waals surface area (Å²) in [5, 5.41) is -0.0284. The van der Waals surface area contributed by atoms with Crippen molar-refractivity contribution in [3.8, 4) is 5.75 Å². The van der Waals surface area contributed by atoms with Gasteiger partial charge in [0.15, 0.2) is 5.75 Å². The van der Waals surface area contributed by atoms with Gasteiger partial charge in [-0.2, -0.15) is 21.6 Å². The third-order valence-electron chi connectivity index (χ3n) is 2.24. The van der Waals surface area contributed by atoms with Crippen LogP contribution in [-0.2, 0) is 10.1 Å². The van der Waals surface area contributed by atoms with Gasteiger partial charge in [-0.25, -0.2) is 0 Å². The highest BCUT2D eigenvalue weighted by molar-refractivity contribution is 9.10. The van der Waals surface area contributed by atoms with Gasteiger partial charge in [-0.05, 0) is 28.1 Å². The molecular weight excluding hydrogens is 387 g/mol. The first-order valence-electron chi connectivity index (χ1n) is 4.87. The molecule has 0 unspecified atom stereocenters. The topological polar surface area (TPSA) is 56.3 Å². The Morgan fingerprint density at radius 1 is 1.25 bits per heavy atom. The average Bonchev–Trinajstić information content (AvgIpc) is 2.32. The molecular formula is C10H4BrClF3NO3S. The molecule has 1 heterocycles. The van der Waals surface area contributed by atoms with Gasteiger partial charge in [0.25, 0.3) is 0 Å². The van der Waals surface area contributed by atoms with Crippen molar-refractivity contribution < 1.29 is 25.8 Å². The SMILES string of the molecule is O=S(=O)(Oc1ccnc2ccc(Br)c(Cl)c12)C(F)(F)F. The van der Waals surface area contributed by atoms with Crippen LogP contribution < -0.4 is 4.18 Å². The van der Waals surface area contributed by atoms with E-state index >= 15 is 0 Å². The van der Waals surface area contributed by atoms with Crippen molar-refractivity contribution in [1.82, 2.24) is 4.98 Å². The summed E-state index contributed by atoms with van der Waals surface area (Å²) < 4.78 is 63.5. The van der Waals surface area contributed by atoms with E-state index in [2.05, 4.69) is 25.1 Å². The van der Waals surface area contributed by atoms with Gasteiger partial charge < -0.3 is 4.18 Å². The summed E-state index contributed by atoms with van der Waals surface area (Å²) in [6.45, 7) is 0. The maximum Gasteiger partial charge on any atom is 0.534 e. The molecule has 0 aliphatic heterocycles. The van der Waals surface area contributed by atoms with Crippen molar-refractivity contribution >= 4 is 48.6 Å². The zero-order valence-corrected chi connectivity index (χ0v) is 12.4. The van der Waals surface area contributed by atoms with Gasteiger partial charge in [-0.15, -0.1) is 0 Å². The summed E-state index contributed by atoms with van der Waals surface area (Å²) in [5.41, 5.74) is -5.32. The summed E-state index contributed by atoms with van der Waals surface area (Å²) in [6, 6.07) is 3.97. The summed E-state index contributed by atoms with van der Waals surface area (Å²) in [6.07, 6.45) is 1.12. The van der Waals surface area contributed by atoms with E-state index in [1.165, 1.54) is 12.1 Å². The molecule has 0 aliphatic rings. The fraction of sp³-hybridized carbons (Fsp3) is 0.100. The highest BCUT2D eigenvalue weighted by Crippen LogP contribution is 2.38. The monoisotopic (exact) mass is 389 g/mol. The second-order valence-corrected chi connectivity index (χ2v) is 6.32. The predicted molar refractivity (Wildman–Crippen MR) is 70.1 cm³/mol. The van der Waals surface area contributed by atoms with Crippen LogP contribution in [0.15, 0.2) is 28.9 Å². The number of benzene rings is 1. The summed E-state index contributed by atoms with van der Waals surface area (Å²) in [4.78, 5) is 3.87. The lowest BCUT2D eigenvalue weighted by Crippen LogP contribution is -2.28. The Labute approximate surface area is 124 Å². The average molecular weight is 391 g/mol. The van der Waals surface area contributed by atoms with E-state index in [4.69, 9.17) is 11.6 Å². The van der Waals surface area contributed by atoms with Crippen molar-refractivity contribution in [2.45, 2.75) is 5.51 Å². The van der Waals surface area contributed by atoms with Gasteiger partial charge in [-0.1, -0.05) is 11.6 Å². The van der Waals surface area contributed by atoms with Gasteiger partial charge in [0.05, 0.1) is 15.9 Å². The lowest BCUT2D eigenvalue weighted by Gasteiger charge is -2.12. The van der Waals surface area contributed by atoms with E-state index < -0.39 is 21.4 Å². The van der Waals surface area contributed by atoms with E-state index in [0.717, 1.165) is 12.3 Å². The number of fused-ring (bicyclic) bond motifs is 1. The summed E-state index contributed by atoms with van der Waals surface area (Å²) in [7, 11) is -5.77. The predicted octanol–water partition coefficient (Wildman–Crippen LogP) is 3.88. The summed E-state index contributed by atoms with van der Waals surface area (Å²) in [5.74, 6) is -0.543. The minimum absolute atomic E-state index is 0.00275. The molecule has 108 valence electrons. The largest absolute Gasteiger partial charge is 0.534 e. The van der Waals surface area contributed by atoms with Crippen LogP contribution in [0.5, 0.6) is 5.75 Å². The minimum Gasteiger partial charge on any atom is -0.375 e. The van der Waals surface area contributed by atoms with Crippen molar-refractivity contribution in [3.63, 3.8) is 0 Å². The molecule has 20 heavy (non-hydrogen) atoms.